The predicted molar refractivity (Wildman–Crippen MR) is 81.8 cm³/mol. The fourth-order valence-electron chi connectivity index (χ4n) is 2.07. The molecule has 4 nitrogen and oxygen atoms in total. The Morgan fingerprint density at radius 3 is 2.60 bits per heavy atom. The molecule has 2 aromatic rings. The largest absolute Gasteiger partial charge is 0.416 e. The number of benzene rings is 1. The summed E-state index contributed by atoms with van der Waals surface area (Å²) in [6, 6.07) is 10.8. The molecule has 0 fully saturated rings. The summed E-state index contributed by atoms with van der Waals surface area (Å²) in [4.78, 5) is 0. The second-order valence-electron chi connectivity index (χ2n) is 4.75. The van der Waals surface area contributed by atoms with Gasteiger partial charge in [0.2, 0.25) is 5.89 Å². The molecular formula is C15H21N3OS. The van der Waals surface area contributed by atoms with Crippen molar-refractivity contribution in [1.82, 2.24) is 15.5 Å². The Labute approximate surface area is 124 Å². The van der Waals surface area contributed by atoms with Gasteiger partial charge in [-0.05, 0) is 18.5 Å². The molecule has 0 spiro atoms. The van der Waals surface area contributed by atoms with Crippen molar-refractivity contribution in [3.63, 3.8) is 0 Å². The van der Waals surface area contributed by atoms with E-state index < -0.39 is 0 Å². The van der Waals surface area contributed by atoms with Gasteiger partial charge in [0.05, 0.1) is 0 Å². The molecule has 108 valence electrons. The summed E-state index contributed by atoms with van der Waals surface area (Å²) in [5.74, 6) is 0.609. The summed E-state index contributed by atoms with van der Waals surface area (Å²) in [7, 11) is 0. The van der Waals surface area contributed by atoms with Gasteiger partial charge in [0, 0.05) is 18.2 Å². The molecule has 0 bridgehead atoms. The average Bonchev–Trinajstić information content (AvgIpc) is 2.86. The maximum atomic E-state index is 5.46. The zero-order chi connectivity index (χ0) is 14.4. The number of nitrogens with one attached hydrogen (secondary N) is 1. The van der Waals surface area contributed by atoms with Gasteiger partial charge in [0.1, 0.15) is 0 Å². The minimum Gasteiger partial charge on any atom is -0.416 e. The molecule has 5 heteroatoms. The normalized spacial score (nSPS) is 14.2. The molecule has 0 amide bonds. The molecule has 20 heavy (non-hydrogen) atoms. The number of aryl methyl sites for hydroxylation is 1. The van der Waals surface area contributed by atoms with E-state index in [1.807, 2.05) is 13.0 Å². The van der Waals surface area contributed by atoms with Crippen molar-refractivity contribution in [3.8, 4) is 0 Å². The van der Waals surface area contributed by atoms with Crippen LogP contribution >= 0.6 is 11.8 Å². The van der Waals surface area contributed by atoms with Crippen LogP contribution in [0.3, 0.4) is 0 Å². The van der Waals surface area contributed by atoms with Gasteiger partial charge in [0.15, 0.2) is 0 Å². The summed E-state index contributed by atoms with van der Waals surface area (Å²) in [6.07, 6.45) is 1.11. The fraction of sp³-hybridized carbons (Fsp3) is 0.467. The van der Waals surface area contributed by atoms with Crippen molar-refractivity contribution in [3.05, 3.63) is 41.8 Å². The summed E-state index contributed by atoms with van der Waals surface area (Å²) >= 11 is 1.62. The van der Waals surface area contributed by atoms with Gasteiger partial charge in [-0.1, -0.05) is 55.9 Å². The Morgan fingerprint density at radius 2 is 2.00 bits per heavy atom. The molecule has 1 aromatic heterocycles. The number of aromatic nitrogens is 2. The first kappa shape index (κ1) is 15.1. The zero-order valence-electron chi connectivity index (χ0n) is 12.2. The van der Waals surface area contributed by atoms with Crippen LogP contribution in [0.1, 0.15) is 37.8 Å². The minimum atomic E-state index is 0.272. The van der Waals surface area contributed by atoms with Crippen molar-refractivity contribution in [2.45, 2.75) is 43.7 Å². The lowest BCUT2D eigenvalue weighted by molar-refractivity contribution is 0.426. The molecule has 2 unspecified atom stereocenters. The lowest BCUT2D eigenvalue weighted by Crippen LogP contribution is -2.29. The summed E-state index contributed by atoms with van der Waals surface area (Å²) in [6.45, 7) is 7.16. The van der Waals surface area contributed by atoms with Crippen LogP contribution in [0.5, 0.6) is 0 Å². The van der Waals surface area contributed by atoms with E-state index in [9.17, 15) is 0 Å². The molecule has 0 saturated heterocycles. The highest BCUT2D eigenvalue weighted by Crippen LogP contribution is 2.31. The molecule has 0 aliphatic heterocycles. The summed E-state index contributed by atoms with van der Waals surface area (Å²) in [5.41, 5.74) is 1.29. The van der Waals surface area contributed by atoms with Crippen LogP contribution in [0.15, 0.2) is 40.0 Å². The monoisotopic (exact) mass is 291 g/mol. The van der Waals surface area contributed by atoms with Crippen LogP contribution < -0.4 is 5.32 Å². The van der Waals surface area contributed by atoms with Crippen molar-refractivity contribution in [2.75, 3.05) is 6.54 Å². The van der Waals surface area contributed by atoms with Crippen molar-refractivity contribution in [2.24, 2.45) is 0 Å². The third-order valence-electron chi connectivity index (χ3n) is 3.04. The maximum absolute atomic E-state index is 5.46. The molecule has 0 saturated carbocycles. The molecule has 1 heterocycles. The second-order valence-corrected chi connectivity index (χ2v) is 6.08. The number of hydrogen-bond acceptors (Lipinski definition) is 5. The number of hydrogen-bond donors (Lipinski definition) is 1. The molecule has 2 atom stereocenters. The van der Waals surface area contributed by atoms with Gasteiger partial charge in [-0.3, -0.25) is 0 Å². The van der Waals surface area contributed by atoms with Crippen LogP contribution in [-0.2, 0) is 0 Å². The topological polar surface area (TPSA) is 51.0 Å². The van der Waals surface area contributed by atoms with E-state index in [0.717, 1.165) is 13.0 Å². The zero-order valence-corrected chi connectivity index (χ0v) is 13.0. The van der Waals surface area contributed by atoms with E-state index in [4.69, 9.17) is 4.42 Å². The quantitative estimate of drug-likeness (QED) is 0.790. The molecule has 1 N–H and O–H groups in total. The molecule has 0 aliphatic rings. The van der Waals surface area contributed by atoms with Gasteiger partial charge >= 0.3 is 0 Å². The first-order valence-electron chi connectivity index (χ1n) is 6.95. The number of rotatable bonds is 7. The average molecular weight is 291 g/mol. The van der Waals surface area contributed by atoms with E-state index in [0.29, 0.717) is 16.4 Å². The SMILES string of the molecule is CCCNC(c1ccccc1)C(C)Sc1nnc(C)o1. The third-order valence-corrected chi connectivity index (χ3v) is 4.05. The number of thioether (sulfide) groups is 1. The highest BCUT2D eigenvalue weighted by Gasteiger charge is 2.21. The van der Waals surface area contributed by atoms with Gasteiger partial charge in [-0.25, -0.2) is 0 Å². The minimum absolute atomic E-state index is 0.272. The molecule has 2 rings (SSSR count). The van der Waals surface area contributed by atoms with Crippen LogP contribution in [0.4, 0.5) is 0 Å². The van der Waals surface area contributed by atoms with Crippen molar-refractivity contribution < 1.29 is 4.42 Å². The summed E-state index contributed by atoms with van der Waals surface area (Å²) in [5, 5.41) is 12.5. The Balaban J connectivity index is 2.09. The van der Waals surface area contributed by atoms with E-state index in [1.165, 1.54) is 5.56 Å². The molecular weight excluding hydrogens is 270 g/mol. The van der Waals surface area contributed by atoms with Crippen molar-refractivity contribution in [1.29, 1.82) is 0 Å². The molecule has 0 aliphatic carbocycles. The van der Waals surface area contributed by atoms with Crippen LogP contribution in [0.2, 0.25) is 0 Å². The van der Waals surface area contributed by atoms with Crippen LogP contribution in [0, 0.1) is 6.92 Å². The van der Waals surface area contributed by atoms with Gasteiger partial charge in [0.25, 0.3) is 5.22 Å². The highest BCUT2D eigenvalue weighted by atomic mass is 32.2. The van der Waals surface area contributed by atoms with Gasteiger partial charge < -0.3 is 9.73 Å². The first-order chi connectivity index (χ1) is 9.70. The van der Waals surface area contributed by atoms with E-state index >= 15 is 0 Å². The Hall–Kier alpha value is -1.33. The third kappa shape index (κ3) is 4.08. The highest BCUT2D eigenvalue weighted by molar-refractivity contribution is 7.99. The van der Waals surface area contributed by atoms with Crippen LogP contribution in [-0.4, -0.2) is 22.0 Å². The lowest BCUT2D eigenvalue weighted by atomic mass is 10.0. The maximum Gasteiger partial charge on any atom is 0.276 e. The predicted octanol–water partition coefficient (Wildman–Crippen LogP) is 3.60. The number of nitrogens with zero attached hydrogens (tertiary/aromatic N) is 2. The Morgan fingerprint density at radius 1 is 1.25 bits per heavy atom. The summed E-state index contributed by atoms with van der Waals surface area (Å²) < 4.78 is 5.46. The van der Waals surface area contributed by atoms with Gasteiger partial charge in [-0.15, -0.1) is 10.2 Å². The van der Waals surface area contributed by atoms with E-state index in [-0.39, 0.29) is 6.04 Å². The molecule has 1 aromatic carbocycles. The smallest absolute Gasteiger partial charge is 0.276 e. The van der Waals surface area contributed by atoms with Crippen molar-refractivity contribution >= 4 is 11.8 Å². The molecule has 0 radical (unpaired) electrons. The van der Waals surface area contributed by atoms with Crippen LogP contribution in [0.25, 0.3) is 0 Å². The lowest BCUT2D eigenvalue weighted by Gasteiger charge is -2.24. The standard InChI is InChI=1S/C15H21N3OS/c1-4-10-16-14(13-8-6-5-7-9-13)11(2)20-15-18-17-12(3)19-15/h5-9,11,14,16H,4,10H2,1-3H3. The van der Waals surface area contributed by atoms with E-state index in [1.54, 1.807) is 11.8 Å². The van der Waals surface area contributed by atoms with E-state index in [2.05, 4.69) is 53.6 Å². The Kier molecular flexibility index (Phi) is 5.61. The van der Waals surface area contributed by atoms with Gasteiger partial charge in [-0.2, -0.15) is 0 Å². The first-order valence-corrected chi connectivity index (χ1v) is 7.83. The fourth-order valence-corrected chi connectivity index (χ4v) is 3.03. The Bertz CT molecular complexity index is 515. The second kappa shape index (κ2) is 7.45.